The van der Waals surface area contributed by atoms with Crippen molar-refractivity contribution in [2.24, 2.45) is 0 Å². The molecule has 9 nitrogen and oxygen atoms in total. The summed E-state index contributed by atoms with van der Waals surface area (Å²) in [5.74, 6) is 1.19. The fourth-order valence-corrected chi connectivity index (χ4v) is 3.86. The lowest BCUT2D eigenvalue weighted by molar-refractivity contribution is -0.138. The van der Waals surface area contributed by atoms with Crippen molar-refractivity contribution >= 4 is 23.8 Å². The third-order valence-electron chi connectivity index (χ3n) is 4.30. The van der Waals surface area contributed by atoms with Crippen molar-refractivity contribution in [3.05, 3.63) is 48.2 Å². The molecule has 30 heavy (non-hydrogen) atoms. The predicted octanol–water partition coefficient (Wildman–Crippen LogP) is 2.36. The molecule has 2 amide bonds. The van der Waals surface area contributed by atoms with Gasteiger partial charge in [-0.15, -0.1) is 16.8 Å². The number of thioether (sulfide) groups is 1. The summed E-state index contributed by atoms with van der Waals surface area (Å²) in [4.78, 5) is 24.0. The van der Waals surface area contributed by atoms with Crippen LogP contribution in [0.1, 0.15) is 6.92 Å². The molecular formula is C20H23N5O4S. The highest BCUT2D eigenvalue weighted by atomic mass is 32.2. The molecular weight excluding hydrogens is 406 g/mol. The molecule has 0 aliphatic carbocycles. The highest BCUT2D eigenvalue weighted by molar-refractivity contribution is 7.99. The van der Waals surface area contributed by atoms with Crippen molar-refractivity contribution in [3.8, 4) is 17.1 Å². The molecule has 158 valence electrons. The van der Waals surface area contributed by atoms with E-state index in [4.69, 9.17) is 9.47 Å². The molecule has 1 aromatic carbocycles. The smallest absolute Gasteiger partial charge is 0.337 e. The molecule has 2 N–H and O–H groups in total. The number of nitrogens with zero attached hydrogens (tertiary/aromatic N) is 3. The zero-order valence-electron chi connectivity index (χ0n) is 16.8. The topological polar surface area (TPSA) is 107 Å². The molecule has 0 bridgehead atoms. The first-order valence-electron chi connectivity index (χ1n) is 9.33. The minimum Gasteiger partial charge on any atom is -0.496 e. The Morgan fingerprint density at radius 1 is 1.37 bits per heavy atom. The first kappa shape index (κ1) is 21.4. The number of para-hydroxylation sites is 1. The van der Waals surface area contributed by atoms with Crippen LogP contribution in [-0.2, 0) is 16.1 Å². The Hall–Kier alpha value is -3.27. The van der Waals surface area contributed by atoms with Crippen LogP contribution in [0.2, 0.25) is 0 Å². The number of amides is 2. The molecule has 1 aromatic heterocycles. The fourth-order valence-electron chi connectivity index (χ4n) is 2.92. The Morgan fingerprint density at radius 3 is 2.90 bits per heavy atom. The molecule has 10 heteroatoms. The number of nitrogens with one attached hydrogen (secondary N) is 2. The Kier molecular flexibility index (Phi) is 7.12. The van der Waals surface area contributed by atoms with Crippen LogP contribution in [0.4, 0.5) is 4.79 Å². The number of ether oxygens (including phenoxy) is 2. The van der Waals surface area contributed by atoms with Crippen LogP contribution in [-0.4, -0.2) is 52.8 Å². The van der Waals surface area contributed by atoms with Gasteiger partial charge in [0, 0.05) is 18.0 Å². The number of hydrogen-bond acceptors (Lipinski definition) is 7. The van der Waals surface area contributed by atoms with Gasteiger partial charge in [-0.1, -0.05) is 30.0 Å². The molecule has 0 atom stereocenters. The predicted molar refractivity (Wildman–Crippen MR) is 113 cm³/mol. The lowest BCUT2D eigenvalue weighted by Crippen LogP contribution is -2.44. The van der Waals surface area contributed by atoms with E-state index in [0.717, 1.165) is 5.56 Å². The SMILES string of the molecule is C=CCn1c(SCC2=C(C(=O)OCC)CNC(=O)N2)nnc1-c1ccccc1OC. The summed E-state index contributed by atoms with van der Waals surface area (Å²) in [7, 11) is 1.60. The van der Waals surface area contributed by atoms with Gasteiger partial charge in [0.1, 0.15) is 5.75 Å². The summed E-state index contributed by atoms with van der Waals surface area (Å²) in [6.45, 7) is 6.41. The van der Waals surface area contributed by atoms with E-state index in [9.17, 15) is 9.59 Å². The number of urea groups is 1. The van der Waals surface area contributed by atoms with Crippen LogP contribution >= 0.6 is 11.8 Å². The van der Waals surface area contributed by atoms with Crippen molar-refractivity contribution in [1.29, 1.82) is 0 Å². The van der Waals surface area contributed by atoms with Crippen LogP contribution in [0.3, 0.4) is 0 Å². The third-order valence-corrected chi connectivity index (χ3v) is 5.29. The maximum absolute atomic E-state index is 12.2. The Bertz CT molecular complexity index is 985. The largest absolute Gasteiger partial charge is 0.496 e. The van der Waals surface area contributed by atoms with Crippen molar-refractivity contribution in [3.63, 3.8) is 0 Å². The van der Waals surface area contributed by atoms with Gasteiger partial charge in [0.15, 0.2) is 11.0 Å². The van der Waals surface area contributed by atoms with E-state index in [-0.39, 0.29) is 19.2 Å². The standard InChI is InChI=1S/C20H23N5O4S/c1-4-10-25-17(13-8-6-7-9-16(13)28-3)23-24-20(25)30-12-15-14(18(26)29-5-2)11-21-19(27)22-15/h4,6-9H,1,5,10-12H2,2-3H3,(H2,21,22,27). The molecule has 0 saturated carbocycles. The highest BCUT2D eigenvalue weighted by Crippen LogP contribution is 2.31. The van der Waals surface area contributed by atoms with E-state index in [0.29, 0.717) is 40.3 Å². The fraction of sp³-hybridized carbons (Fsp3) is 0.300. The maximum atomic E-state index is 12.2. The van der Waals surface area contributed by atoms with Gasteiger partial charge in [-0.2, -0.15) is 0 Å². The van der Waals surface area contributed by atoms with Crippen LogP contribution in [0.25, 0.3) is 11.4 Å². The number of carbonyl (C=O) groups is 2. The average Bonchev–Trinajstić information content (AvgIpc) is 3.15. The monoisotopic (exact) mass is 429 g/mol. The minimum absolute atomic E-state index is 0.117. The number of aromatic nitrogens is 3. The summed E-state index contributed by atoms with van der Waals surface area (Å²) >= 11 is 1.36. The van der Waals surface area contributed by atoms with Crippen LogP contribution in [0.15, 0.2) is 53.3 Å². The second-order valence-electron chi connectivity index (χ2n) is 6.18. The molecule has 3 rings (SSSR count). The number of carbonyl (C=O) groups excluding carboxylic acids is 2. The van der Waals surface area contributed by atoms with E-state index < -0.39 is 5.97 Å². The third kappa shape index (κ3) is 4.65. The molecule has 1 aliphatic heterocycles. The Morgan fingerprint density at radius 2 is 2.17 bits per heavy atom. The first-order chi connectivity index (χ1) is 14.6. The number of allylic oxidation sites excluding steroid dienone is 1. The van der Waals surface area contributed by atoms with Crippen LogP contribution in [0.5, 0.6) is 5.75 Å². The van der Waals surface area contributed by atoms with Gasteiger partial charge in [0.2, 0.25) is 0 Å². The van der Waals surface area contributed by atoms with Crippen molar-refractivity contribution < 1.29 is 19.1 Å². The van der Waals surface area contributed by atoms with Gasteiger partial charge in [0.25, 0.3) is 0 Å². The van der Waals surface area contributed by atoms with E-state index >= 15 is 0 Å². The van der Waals surface area contributed by atoms with E-state index in [1.165, 1.54) is 11.8 Å². The van der Waals surface area contributed by atoms with Crippen LogP contribution < -0.4 is 15.4 Å². The maximum Gasteiger partial charge on any atom is 0.337 e. The second-order valence-corrected chi connectivity index (χ2v) is 7.12. The van der Waals surface area contributed by atoms with Crippen molar-refractivity contribution in [2.45, 2.75) is 18.6 Å². The number of benzene rings is 1. The van der Waals surface area contributed by atoms with Gasteiger partial charge in [-0.25, -0.2) is 9.59 Å². The Labute approximate surface area is 178 Å². The van der Waals surface area contributed by atoms with E-state index in [1.807, 2.05) is 28.8 Å². The minimum atomic E-state index is -0.456. The molecule has 0 radical (unpaired) electrons. The number of methoxy groups -OCH3 is 1. The number of esters is 1. The molecule has 0 spiro atoms. The summed E-state index contributed by atoms with van der Waals surface area (Å²) < 4.78 is 12.4. The molecule has 0 saturated heterocycles. The normalized spacial score (nSPS) is 13.5. The summed E-state index contributed by atoms with van der Waals surface area (Å²) in [5, 5.41) is 14.5. The van der Waals surface area contributed by atoms with Gasteiger partial charge < -0.3 is 20.1 Å². The molecule has 0 unspecified atom stereocenters. The molecule has 1 aliphatic rings. The quantitative estimate of drug-likeness (QED) is 0.358. The molecule has 2 heterocycles. The van der Waals surface area contributed by atoms with Gasteiger partial charge in [0.05, 0.1) is 31.4 Å². The Balaban J connectivity index is 1.89. The van der Waals surface area contributed by atoms with Crippen LogP contribution in [0, 0.1) is 0 Å². The number of rotatable bonds is 9. The lowest BCUT2D eigenvalue weighted by atomic mass is 10.2. The summed E-state index contributed by atoms with van der Waals surface area (Å²) in [5.41, 5.74) is 1.70. The zero-order valence-corrected chi connectivity index (χ0v) is 17.6. The average molecular weight is 430 g/mol. The second kappa shape index (κ2) is 9.97. The summed E-state index contributed by atoms with van der Waals surface area (Å²) in [6.07, 6.45) is 1.75. The highest BCUT2D eigenvalue weighted by Gasteiger charge is 2.25. The van der Waals surface area contributed by atoms with Gasteiger partial charge >= 0.3 is 12.0 Å². The number of hydrogen-bond donors (Lipinski definition) is 2. The molecule has 0 fully saturated rings. The van der Waals surface area contributed by atoms with Gasteiger partial charge in [-0.3, -0.25) is 4.57 Å². The first-order valence-corrected chi connectivity index (χ1v) is 10.3. The van der Waals surface area contributed by atoms with E-state index in [2.05, 4.69) is 27.4 Å². The zero-order chi connectivity index (χ0) is 21.5. The van der Waals surface area contributed by atoms with Gasteiger partial charge in [-0.05, 0) is 19.1 Å². The summed E-state index contributed by atoms with van der Waals surface area (Å²) in [6, 6.07) is 7.19. The lowest BCUT2D eigenvalue weighted by Gasteiger charge is -2.21. The van der Waals surface area contributed by atoms with E-state index in [1.54, 1.807) is 20.1 Å². The van der Waals surface area contributed by atoms with Crippen molar-refractivity contribution in [2.75, 3.05) is 26.0 Å². The van der Waals surface area contributed by atoms with Crippen molar-refractivity contribution in [1.82, 2.24) is 25.4 Å². The molecule has 2 aromatic rings.